The molecule has 28 heavy (non-hydrogen) atoms. The lowest BCUT2D eigenvalue weighted by Crippen LogP contribution is -2.33. The van der Waals surface area contributed by atoms with Crippen molar-refractivity contribution in [3.8, 4) is 5.75 Å². The number of Topliss-reactive ketones (excluding diaryl/α,β-unsaturated/α-hetero) is 1. The van der Waals surface area contributed by atoms with Gasteiger partial charge in [-0.25, -0.2) is 0 Å². The van der Waals surface area contributed by atoms with Crippen LogP contribution in [0.15, 0.2) is 57.9 Å². The van der Waals surface area contributed by atoms with Crippen LogP contribution in [0.3, 0.4) is 0 Å². The van der Waals surface area contributed by atoms with Gasteiger partial charge in [0, 0.05) is 10.0 Å². The molecule has 0 saturated carbocycles. The molecule has 0 atom stereocenters. The Bertz CT molecular complexity index is 922. The molecule has 0 bridgehead atoms. The molecule has 0 unspecified atom stereocenters. The molecule has 0 aliphatic carbocycles. The average Bonchev–Trinajstić information content (AvgIpc) is 2.95. The van der Waals surface area contributed by atoms with E-state index in [1.54, 1.807) is 30.3 Å². The first kappa shape index (κ1) is 20.4. The zero-order valence-electron chi connectivity index (χ0n) is 15.2. The zero-order chi connectivity index (χ0) is 20.1. The third-order valence-electron chi connectivity index (χ3n) is 3.99. The standard InChI is InChI=1S/C21H18BrNO4S/c1-2-11-27-17-9-3-14(4-10-17)12-19-20(25)23(21(26)28-19)13-18(24)15-5-7-16(22)8-6-15/h3-10,12H,2,11,13H2,1H3/b19-12-. The zero-order valence-corrected chi connectivity index (χ0v) is 17.6. The van der Waals surface area contributed by atoms with E-state index in [9.17, 15) is 14.4 Å². The normalized spacial score (nSPS) is 15.4. The largest absolute Gasteiger partial charge is 0.494 e. The number of thioether (sulfide) groups is 1. The maximum atomic E-state index is 12.6. The van der Waals surface area contributed by atoms with E-state index in [0.29, 0.717) is 17.1 Å². The van der Waals surface area contributed by atoms with E-state index in [1.165, 1.54) is 0 Å². The highest BCUT2D eigenvalue weighted by Gasteiger charge is 2.36. The Hall–Kier alpha value is -2.38. The van der Waals surface area contributed by atoms with Gasteiger partial charge in [-0.3, -0.25) is 19.3 Å². The van der Waals surface area contributed by atoms with E-state index in [4.69, 9.17) is 4.74 Å². The number of halogens is 1. The first-order valence-electron chi connectivity index (χ1n) is 8.75. The number of imide groups is 1. The monoisotopic (exact) mass is 459 g/mol. The Labute approximate surface area is 175 Å². The highest BCUT2D eigenvalue weighted by molar-refractivity contribution is 9.10. The number of carbonyl (C=O) groups excluding carboxylic acids is 3. The van der Waals surface area contributed by atoms with Crippen LogP contribution in [0.2, 0.25) is 0 Å². The Balaban J connectivity index is 1.69. The molecule has 2 amide bonds. The summed E-state index contributed by atoms with van der Waals surface area (Å²) in [4.78, 5) is 38.5. The fourth-order valence-electron chi connectivity index (χ4n) is 2.54. The number of hydrogen-bond acceptors (Lipinski definition) is 5. The van der Waals surface area contributed by atoms with Crippen LogP contribution in [0, 0.1) is 0 Å². The Kier molecular flexibility index (Phi) is 6.70. The van der Waals surface area contributed by atoms with Crippen molar-refractivity contribution in [3.05, 3.63) is 69.0 Å². The fraction of sp³-hybridized carbons (Fsp3) is 0.190. The first-order chi connectivity index (χ1) is 13.5. The summed E-state index contributed by atoms with van der Waals surface area (Å²) in [5.41, 5.74) is 1.24. The number of hydrogen-bond donors (Lipinski definition) is 0. The molecule has 1 aliphatic rings. The Morgan fingerprint density at radius 1 is 1.11 bits per heavy atom. The smallest absolute Gasteiger partial charge is 0.293 e. The molecule has 0 radical (unpaired) electrons. The molecule has 7 heteroatoms. The first-order valence-corrected chi connectivity index (χ1v) is 10.4. The van der Waals surface area contributed by atoms with Crippen molar-refractivity contribution in [2.45, 2.75) is 13.3 Å². The van der Waals surface area contributed by atoms with Gasteiger partial charge in [0.05, 0.1) is 18.1 Å². The van der Waals surface area contributed by atoms with Gasteiger partial charge in [-0.2, -0.15) is 0 Å². The van der Waals surface area contributed by atoms with Crippen LogP contribution >= 0.6 is 27.7 Å². The summed E-state index contributed by atoms with van der Waals surface area (Å²) < 4.78 is 6.38. The second-order valence-electron chi connectivity index (χ2n) is 6.12. The van der Waals surface area contributed by atoms with Crippen molar-refractivity contribution in [1.29, 1.82) is 0 Å². The third-order valence-corrected chi connectivity index (χ3v) is 5.43. The number of rotatable bonds is 7. The second-order valence-corrected chi connectivity index (χ2v) is 8.02. The number of amides is 2. The molecule has 1 saturated heterocycles. The van der Waals surface area contributed by atoms with E-state index in [1.807, 2.05) is 31.2 Å². The van der Waals surface area contributed by atoms with Gasteiger partial charge in [0.2, 0.25) is 0 Å². The lowest BCUT2D eigenvalue weighted by molar-refractivity contribution is -0.122. The van der Waals surface area contributed by atoms with E-state index >= 15 is 0 Å². The molecule has 2 aromatic rings. The molecule has 1 heterocycles. The van der Waals surface area contributed by atoms with Gasteiger partial charge in [-0.05, 0) is 54.1 Å². The number of carbonyl (C=O) groups is 3. The van der Waals surface area contributed by atoms with Crippen molar-refractivity contribution in [3.63, 3.8) is 0 Å². The highest BCUT2D eigenvalue weighted by atomic mass is 79.9. The maximum Gasteiger partial charge on any atom is 0.293 e. The van der Waals surface area contributed by atoms with Gasteiger partial charge < -0.3 is 4.74 Å². The number of nitrogens with zero attached hydrogens (tertiary/aromatic N) is 1. The number of ketones is 1. The van der Waals surface area contributed by atoms with Gasteiger partial charge in [0.15, 0.2) is 5.78 Å². The lowest BCUT2D eigenvalue weighted by Gasteiger charge is -2.11. The summed E-state index contributed by atoms with van der Waals surface area (Å²) in [6.07, 6.45) is 2.58. The van der Waals surface area contributed by atoms with Gasteiger partial charge in [-0.1, -0.05) is 47.1 Å². The fourth-order valence-corrected chi connectivity index (χ4v) is 3.64. The van der Waals surface area contributed by atoms with Crippen molar-refractivity contribution >= 4 is 50.7 Å². The molecular formula is C21H18BrNO4S. The molecule has 3 rings (SSSR count). The molecule has 144 valence electrons. The molecule has 0 N–H and O–H groups in total. The van der Waals surface area contributed by atoms with Crippen molar-refractivity contribution in [2.75, 3.05) is 13.2 Å². The summed E-state index contributed by atoms with van der Waals surface area (Å²) in [6.45, 7) is 2.41. The molecule has 5 nitrogen and oxygen atoms in total. The van der Waals surface area contributed by atoms with Gasteiger partial charge in [-0.15, -0.1) is 0 Å². The SMILES string of the molecule is CCCOc1ccc(/C=C2\SC(=O)N(CC(=O)c3ccc(Br)cc3)C2=O)cc1. The Morgan fingerprint density at radius 2 is 1.79 bits per heavy atom. The van der Waals surface area contributed by atoms with E-state index in [0.717, 1.165) is 38.9 Å². The quantitative estimate of drug-likeness (QED) is 0.422. The minimum absolute atomic E-state index is 0.270. The minimum Gasteiger partial charge on any atom is -0.494 e. The van der Waals surface area contributed by atoms with Crippen LogP contribution in [0.4, 0.5) is 4.79 Å². The van der Waals surface area contributed by atoms with E-state index < -0.39 is 11.1 Å². The molecule has 1 fully saturated rings. The van der Waals surface area contributed by atoms with Crippen LogP contribution in [0.1, 0.15) is 29.3 Å². The van der Waals surface area contributed by atoms with Crippen molar-refractivity contribution in [2.24, 2.45) is 0 Å². The molecule has 1 aliphatic heterocycles. The predicted molar refractivity (Wildman–Crippen MR) is 113 cm³/mol. The minimum atomic E-state index is -0.452. The van der Waals surface area contributed by atoms with Crippen LogP contribution in [-0.4, -0.2) is 35.0 Å². The number of ether oxygens (including phenoxy) is 1. The van der Waals surface area contributed by atoms with Crippen molar-refractivity contribution < 1.29 is 19.1 Å². The molecule has 0 aromatic heterocycles. The molecule has 0 spiro atoms. The second kappa shape index (κ2) is 9.21. The third kappa shape index (κ3) is 4.91. The maximum absolute atomic E-state index is 12.6. The van der Waals surface area contributed by atoms with E-state index in [2.05, 4.69) is 15.9 Å². The molecular weight excluding hydrogens is 442 g/mol. The van der Waals surface area contributed by atoms with Gasteiger partial charge in [0.1, 0.15) is 5.75 Å². The van der Waals surface area contributed by atoms with Crippen LogP contribution in [-0.2, 0) is 4.79 Å². The van der Waals surface area contributed by atoms with Crippen molar-refractivity contribution in [1.82, 2.24) is 4.90 Å². The van der Waals surface area contributed by atoms with Gasteiger partial charge >= 0.3 is 0 Å². The Morgan fingerprint density at radius 3 is 2.43 bits per heavy atom. The summed E-state index contributed by atoms with van der Waals surface area (Å²) in [5, 5.41) is -0.440. The summed E-state index contributed by atoms with van der Waals surface area (Å²) in [6, 6.07) is 14.1. The average molecular weight is 460 g/mol. The topological polar surface area (TPSA) is 63.7 Å². The molecule has 2 aromatic carbocycles. The van der Waals surface area contributed by atoms with Crippen LogP contribution in [0.25, 0.3) is 6.08 Å². The summed E-state index contributed by atoms with van der Waals surface area (Å²) >= 11 is 4.15. The summed E-state index contributed by atoms with van der Waals surface area (Å²) in [5.74, 6) is 0.0208. The predicted octanol–water partition coefficient (Wildman–Crippen LogP) is 5.16. The van der Waals surface area contributed by atoms with Crippen LogP contribution in [0.5, 0.6) is 5.75 Å². The number of benzene rings is 2. The summed E-state index contributed by atoms with van der Waals surface area (Å²) in [7, 11) is 0. The lowest BCUT2D eigenvalue weighted by atomic mass is 10.1. The van der Waals surface area contributed by atoms with Crippen LogP contribution < -0.4 is 4.74 Å². The van der Waals surface area contributed by atoms with Gasteiger partial charge in [0.25, 0.3) is 11.1 Å². The van der Waals surface area contributed by atoms with E-state index in [-0.39, 0.29) is 12.3 Å². The highest BCUT2D eigenvalue weighted by Crippen LogP contribution is 2.32.